The third kappa shape index (κ3) is 5.10. The lowest BCUT2D eigenvalue weighted by Gasteiger charge is -2.34. The average molecular weight is 443 g/mol. The van der Waals surface area contributed by atoms with E-state index in [1.165, 1.54) is 6.07 Å². The Bertz CT molecular complexity index is 964. The van der Waals surface area contributed by atoms with Crippen LogP contribution in [0.15, 0.2) is 42.5 Å². The van der Waals surface area contributed by atoms with Gasteiger partial charge in [-0.3, -0.25) is 9.10 Å². The SMILES string of the molecule is CS(=O)(=O)N1CC(C(=O)NCCCc2ccc(Cl)cc2)Oc2ccc(Cl)cc21. The van der Waals surface area contributed by atoms with Gasteiger partial charge in [-0.15, -0.1) is 0 Å². The van der Waals surface area contributed by atoms with Gasteiger partial charge in [0.1, 0.15) is 5.75 Å². The Labute approximate surface area is 174 Å². The summed E-state index contributed by atoms with van der Waals surface area (Å²) in [6.07, 6.45) is 1.69. The number of halogens is 2. The van der Waals surface area contributed by atoms with Crippen molar-refractivity contribution >= 4 is 44.8 Å². The van der Waals surface area contributed by atoms with Gasteiger partial charge in [0, 0.05) is 16.6 Å². The van der Waals surface area contributed by atoms with Gasteiger partial charge in [-0.25, -0.2) is 8.42 Å². The molecule has 0 bridgehead atoms. The van der Waals surface area contributed by atoms with Gasteiger partial charge < -0.3 is 10.1 Å². The maximum atomic E-state index is 12.5. The van der Waals surface area contributed by atoms with Gasteiger partial charge >= 0.3 is 0 Å². The van der Waals surface area contributed by atoms with E-state index in [9.17, 15) is 13.2 Å². The summed E-state index contributed by atoms with van der Waals surface area (Å²) < 4.78 is 31.2. The maximum absolute atomic E-state index is 12.5. The Morgan fingerprint density at radius 1 is 1.18 bits per heavy atom. The molecule has 1 unspecified atom stereocenters. The average Bonchev–Trinajstić information content (AvgIpc) is 2.64. The first-order valence-corrected chi connectivity index (χ1v) is 11.3. The van der Waals surface area contributed by atoms with Crippen molar-refractivity contribution < 1.29 is 17.9 Å². The van der Waals surface area contributed by atoms with E-state index in [-0.39, 0.29) is 12.5 Å². The molecule has 150 valence electrons. The quantitative estimate of drug-likeness (QED) is 0.696. The molecule has 0 saturated carbocycles. The van der Waals surface area contributed by atoms with Crippen molar-refractivity contribution in [3.63, 3.8) is 0 Å². The van der Waals surface area contributed by atoms with Crippen LogP contribution in [-0.4, -0.2) is 39.8 Å². The monoisotopic (exact) mass is 442 g/mol. The Hall–Kier alpha value is -1.96. The molecule has 3 rings (SSSR count). The fraction of sp³-hybridized carbons (Fsp3) is 0.316. The lowest BCUT2D eigenvalue weighted by atomic mass is 10.1. The first-order valence-electron chi connectivity index (χ1n) is 8.70. The van der Waals surface area contributed by atoms with Crippen molar-refractivity contribution in [2.75, 3.05) is 23.7 Å². The summed E-state index contributed by atoms with van der Waals surface area (Å²) in [5, 5.41) is 3.88. The van der Waals surface area contributed by atoms with E-state index in [1.54, 1.807) is 12.1 Å². The highest BCUT2D eigenvalue weighted by Crippen LogP contribution is 2.37. The van der Waals surface area contributed by atoms with E-state index in [4.69, 9.17) is 27.9 Å². The molecule has 2 aromatic rings. The number of nitrogens with one attached hydrogen (secondary N) is 1. The molecular formula is C19H20Cl2N2O4S. The molecule has 0 aliphatic carbocycles. The van der Waals surface area contributed by atoms with Gasteiger partial charge in [-0.1, -0.05) is 35.3 Å². The second-order valence-corrected chi connectivity index (χ2v) is 9.31. The number of benzene rings is 2. The number of nitrogens with zero attached hydrogens (tertiary/aromatic N) is 1. The fourth-order valence-corrected chi connectivity index (χ4v) is 4.14. The molecule has 1 aliphatic rings. The standard InChI is InChI=1S/C19H20Cl2N2O4S/c1-28(25,26)23-12-18(27-17-9-8-15(21)11-16(17)23)19(24)22-10-2-3-13-4-6-14(20)7-5-13/h4-9,11,18H,2-3,10,12H2,1H3,(H,22,24). The minimum Gasteiger partial charge on any atom is -0.476 e. The van der Waals surface area contributed by atoms with Crippen LogP contribution in [0.25, 0.3) is 0 Å². The third-order valence-electron chi connectivity index (χ3n) is 4.34. The Kier molecular flexibility index (Phi) is 6.37. The number of fused-ring (bicyclic) bond motifs is 1. The minimum absolute atomic E-state index is 0.102. The van der Waals surface area contributed by atoms with Gasteiger partial charge in [-0.05, 0) is 48.7 Å². The van der Waals surface area contributed by atoms with Crippen LogP contribution in [0.4, 0.5) is 5.69 Å². The zero-order chi connectivity index (χ0) is 20.3. The topological polar surface area (TPSA) is 75.7 Å². The van der Waals surface area contributed by atoms with Crippen LogP contribution in [0.5, 0.6) is 5.75 Å². The summed E-state index contributed by atoms with van der Waals surface area (Å²) in [6, 6.07) is 12.2. The summed E-state index contributed by atoms with van der Waals surface area (Å²) in [6.45, 7) is 0.350. The van der Waals surface area contributed by atoms with Crippen LogP contribution in [0.2, 0.25) is 10.0 Å². The molecule has 0 spiro atoms. The van der Waals surface area contributed by atoms with Gasteiger partial charge in [0.25, 0.3) is 5.91 Å². The molecule has 1 N–H and O–H groups in total. The maximum Gasteiger partial charge on any atom is 0.263 e. The predicted octanol–water partition coefficient (Wildman–Crippen LogP) is 3.27. The van der Waals surface area contributed by atoms with Crippen LogP contribution >= 0.6 is 23.2 Å². The number of anilines is 1. The molecule has 1 amide bonds. The molecule has 1 aliphatic heterocycles. The number of sulfonamides is 1. The molecule has 1 atom stereocenters. The second kappa shape index (κ2) is 8.59. The van der Waals surface area contributed by atoms with Crippen molar-refractivity contribution in [2.45, 2.75) is 18.9 Å². The van der Waals surface area contributed by atoms with Gasteiger partial charge in [0.05, 0.1) is 18.5 Å². The van der Waals surface area contributed by atoms with Crippen LogP contribution in [0, 0.1) is 0 Å². The first kappa shape index (κ1) is 20.8. The van der Waals surface area contributed by atoms with E-state index in [0.29, 0.717) is 28.0 Å². The molecule has 9 heteroatoms. The summed E-state index contributed by atoms with van der Waals surface area (Å²) in [5.41, 5.74) is 1.46. The number of carbonyl (C=O) groups excluding carboxylic acids is 1. The van der Waals surface area contributed by atoms with Crippen LogP contribution < -0.4 is 14.4 Å². The first-order chi connectivity index (χ1) is 13.2. The van der Waals surface area contributed by atoms with Gasteiger partial charge in [-0.2, -0.15) is 0 Å². The molecule has 1 heterocycles. The molecule has 2 aromatic carbocycles. The van der Waals surface area contributed by atoms with Gasteiger partial charge in [0.15, 0.2) is 6.10 Å². The Balaban J connectivity index is 1.61. The fourth-order valence-electron chi connectivity index (χ4n) is 2.94. The van der Waals surface area contributed by atoms with Gasteiger partial charge in [0.2, 0.25) is 10.0 Å². The Morgan fingerprint density at radius 3 is 2.54 bits per heavy atom. The lowest BCUT2D eigenvalue weighted by Crippen LogP contribution is -2.50. The van der Waals surface area contributed by atoms with Crippen molar-refractivity contribution in [1.29, 1.82) is 0 Å². The van der Waals surface area contributed by atoms with E-state index >= 15 is 0 Å². The number of ether oxygens (including phenoxy) is 1. The van der Waals surface area contributed by atoms with Crippen LogP contribution in [0.3, 0.4) is 0 Å². The van der Waals surface area contributed by atoms with Crippen molar-refractivity contribution in [1.82, 2.24) is 5.32 Å². The number of aryl methyl sites for hydroxylation is 1. The second-order valence-electron chi connectivity index (χ2n) is 6.53. The van der Waals surface area contributed by atoms with Crippen molar-refractivity contribution in [2.24, 2.45) is 0 Å². The minimum atomic E-state index is -3.58. The summed E-state index contributed by atoms with van der Waals surface area (Å²) in [4.78, 5) is 12.5. The lowest BCUT2D eigenvalue weighted by molar-refractivity contribution is -0.127. The highest BCUT2D eigenvalue weighted by Gasteiger charge is 2.35. The number of carbonyl (C=O) groups is 1. The molecule has 0 radical (unpaired) electrons. The molecule has 0 aromatic heterocycles. The van der Waals surface area contributed by atoms with Crippen LogP contribution in [0.1, 0.15) is 12.0 Å². The van der Waals surface area contributed by atoms with Crippen LogP contribution in [-0.2, 0) is 21.2 Å². The van der Waals surface area contributed by atoms with E-state index in [2.05, 4.69) is 5.32 Å². The van der Waals surface area contributed by atoms with E-state index < -0.39 is 16.1 Å². The normalized spacial score (nSPS) is 16.2. The van der Waals surface area contributed by atoms with E-state index in [1.807, 2.05) is 24.3 Å². The van der Waals surface area contributed by atoms with E-state index in [0.717, 1.165) is 29.0 Å². The zero-order valence-electron chi connectivity index (χ0n) is 15.2. The van der Waals surface area contributed by atoms with Crippen molar-refractivity contribution in [3.8, 4) is 5.75 Å². The molecule has 6 nitrogen and oxygen atoms in total. The summed E-state index contributed by atoms with van der Waals surface area (Å²) in [5.74, 6) is -0.0484. The summed E-state index contributed by atoms with van der Waals surface area (Å²) in [7, 11) is -3.58. The smallest absolute Gasteiger partial charge is 0.263 e. The highest BCUT2D eigenvalue weighted by molar-refractivity contribution is 7.92. The summed E-state index contributed by atoms with van der Waals surface area (Å²) >= 11 is 11.8. The highest BCUT2D eigenvalue weighted by atomic mass is 35.5. The Morgan fingerprint density at radius 2 is 1.86 bits per heavy atom. The largest absolute Gasteiger partial charge is 0.476 e. The third-order valence-corrected chi connectivity index (χ3v) is 5.97. The molecule has 0 saturated heterocycles. The number of amides is 1. The molecule has 28 heavy (non-hydrogen) atoms. The molecule has 0 fully saturated rings. The number of rotatable bonds is 6. The zero-order valence-corrected chi connectivity index (χ0v) is 17.5. The number of hydrogen-bond acceptors (Lipinski definition) is 4. The van der Waals surface area contributed by atoms with Crippen molar-refractivity contribution in [3.05, 3.63) is 58.1 Å². The predicted molar refractivity (Wildman–Crippen MR) is 111 cm³/mol. The number of hydrogen-bond donors (Lipinski definition) is 1. The molecular weight excluding hydrogens is 423 g/mol.